The molecule has 3 rings (SSSR count). The second-order valence-corrected chi connectivity index (χ2v) is 8.71. The molecule has 1 saturated heterocycles. The van der Waals surface area contributed by atoms with Gasteiger partial charge in [0.1, 0.15) is 0 Å². The average molecular weight is 551 g/mol. The molecule has 0 bridgehead atoms. The van der Waals surface area contributed by atoms with Crippen LogP contribution in [0.2, 0.25) is 0 Å². The molecule has 1 atom stereocenters. The van der Waals surface area contributed by atoms with Crippen LogP contribution in [0.1, 0.15) is 54.9 Å². The molecule has 1 aliphatic rings. The van der Waals surface area contributed by atoms with Crippen LogP contribution in [-0.4, -0.2) is 48.2 Å². The Kier molecular flexibility index (Phi) is 11.5. The summed E-state index contributed by atoms with van der Waals surface area (Å²) in [4.78, 5) is 7.19. The summed E-state index contributed by atoms with van der Waals surface area (Å²) < 4.78 is 0. The molecule has 0 aromatic heterocycles. The Labute approximate surface area is 210 Å². The van der Waals surface area contributed by atoms with Crippen LogP contribution in [0, 0.1) is 6.92 Å². The Morgan fingerprint density at radius 1 is 1.03 bits per heavy atom. The van der Waals surface area contributed by atoms with Crippen molar-refractivity contribution >= 4 is 29.9 Å². The second-order valence-electron chi connectivity index (χ2n) is 8.71. The van der Waals surface area contributed by atoms with E-state index in [0.29, 0.717) is 12.5 Å². The molecule has 2 aromatic rings. The second kappa shape index (κ2) is 13.8. The Bertz CT molecular complexity index is 815. The van der Waals surface area contributed by atoms with Crippen LogP contribution in [0.5, 0.6) is 0 Å². The number of nitrogens with zero attached hydrogens (tertiary/aromatic N) is 2. The number of benzene rings is 2. The Morgan fingerprint density at radius 2 is 1.66 bits per heavy atom. The molecular weight excluding hydrogens is 511 g/mol. The highest BCUT2D eigenvalue weighted by Gasteiger charge is 2.16. The number of aliphatic hydroxyl groups is 1. The van der Waals surface area contributed by atoms with Crippen molar-refractivity contribution in [3.63, 3.8) is 0 Å². The SMILES string of the molecule is CCNC(=NCc1ccc(CN2CCC(O)CC2)cc1)NCC(C)c1ccc(C)cc1.I. The number of aliphatic hydroxyl groups excluding tert-OH is 1. The number of aliphatic imine (C=N–C) groups is 1. The van der Waals surface area contributed by atoms with Gasteiger partial charge in [-0.05, 0) is 49.3 Å². The van der Waals surface area contributed by atoms with E-state index in [1.807, 2.05) is 0 Å². The number of rotatable bonds is 8. The number of aryl methyl sites for hydroxylation is 1. The molecule has 32 heavy (non-hydrogen) atoms. The molecular formula is C26H39IN4O. The summed E-state index contributed by atoms with van der Waals surface area (Å²) in [6.45, 7) is 11.7. The van der Waals surface area contributed by atoms with Gasteiger partial charge in [-0.15, -0.1) is 24.0 Å². The van der Waals surface area contributed by atoms with Crippen molar-refractivity contribution in [2.75, 3.05) is 26.2 Å². The minimum atomic E-state index is -0.115. The quantitative estimate of drug-likeness (QED) is 0.259. The first kappa shape index (κ1) is 26.6. The average Bonchev–Trinajstić information content (AvgIpc) is 2.78. The topological polar surface area (TPSA) is 59.9 Å². The number of piperidine rings is 1. The fourth-order valence-electron chi connectivity index (χ4n) is 3.86. The highest BCUT2D eigenvalue weighted by atomic mass is 127. The zero-order valence-corrected chi connectivity index (χ0v) is 22.0. The summed E-state index contributed by atoms with van der Waals surface area (Å²) in [6, 6.07) is 17.5. The minimum absolute atomic E-state index is 0. The fourth-order valence-corrected chi connectivity index (χ4v) is 3.86. The van der Waals surface area contributed by atoms with Gasteiger partial charge < -0.3 is 15.7 Å². The summed E-state index contributed by atoms with van der Waals surface area (Å²) in [6.07, 6.45) is 1.65. The summed E-state index contributed by atoms with van der Waals surface area (Å²) in [5.41, 5.74) is 5.16. The molecule has 0 radical (unpaired) electrons. The third kappa shape index (κ3) is 8.71. The number of likely N-dealkylation sites (tertiary alicyclic amines) is 1. The third-order valence-corrected chi connectivity index (χ3v) is 5.97. The van der Waals surface area contributed by atoms with Crippen LogP contribution in [0.4, 0.5) is 0 Å². The van der Waals surface area contributed by atoms with Crippen LogP contribution < -0.4 is 10.6 Å². The molecule has 1 heterocycles. The van der Waals surface area contributed by atoms with Gasteiger partial charge in [0.05, 0.1) is 12.6 Å². The van der Waals surface area contributed by atoms with Crippen molar-refractivity contribution in [2.45, 2.75) is 58.7 Å². The molecule has 0 saturated carbocycles. The number of hydrogen-bond donors (Lipinski definition) is 3. The highest BCUT2D eigenvalue weighted by molar-refractivity contribution is 14.0. The van der Waals surface area contributed by atoms with Crippen molar-refractivity contribution in [2.24, 2.45) is 4.99 Å². The van der Waals surface area contributed by atoms with E-state index in [4.69, 9.17) is 4.99 Å². The maximum absolute atomic E-state index is 9.66. The zero-order valence-electron chi connectivity index (χ0n) is 19.7. The van der Waals surface area contributed by atoms with Gasteiger partial charge >= 0.3 is 0 Å². The van der Waals surface area contributed by atoms with E-state index in [1.165, 1.54) is 22.3 Å². The molecule has 6 heteroatoms. The standard InChI is InChI=1S/C26H38N4O.HI/c1-4-27-26(28-17-21(3)24-11-5-20(2)6-12-24)29-18-22-7-9-23(10-8-22)19-30-15-13-25(31)14-16-30;/h5-12,21,25,31H,4,13-19H2,1-3H3,(H2,27,28,29);1H. The van der Waals surface area contributed by atoms with Crippen molar-refractivity contribution in [3.8, 4) is 0 Å². The van der Waals surface area contributed by atoms with Gasteiger partial charge in [0.25, 0.3) is 0 Å². The third-order valence-electron chi connectivity index (χ3n) is 5.97. The lowest BCUT2D eigenvalue weighted by Gasteiger charge is -2.29. The van der Waals surface area contributed by atoms with Crippen LogP contribution in [0.25, 0.3) is 0 Å². The Morgan fingerprint density at radius 3 is 2.28 bits per heavy atom. The molecule has 0 aliphatic carbocycles. The van der Waals surface area contributed by atoms with E-state index in [0.717, 1.165) is 51.5 Å². The Hall–Kier alpha value is -1.64. The van der Waals surface area contributed by atoms with Crippen LogP contribution >= 0.6 is 24.0 Å². The molecule has 1 fully saturated rings. The molecule has 2 aromatic carbocycles. The summed E-state index contributed by atoms with van der Waals surface area (Å²) in [5, 5.41) is 16.5. The maximum atomic E-state index is 9.66. The lowest BCUT2D eigenvalue weighted by molar-refractivity contribution is 0.0792. The largest absolute Gasteiger partial charge is 0.393 e. The van der Waals surface area contributed by atoms with Gasteiger partial charge in [-0.3, -0.25) is 4.90 Å². The number of nitrogens with one attached hydrogen (secondary N) is 2. The van der Waals surface area contributed by atoms with Gasteiger partial charge in [-0.25, -0.2) is 4.99 Å². The maximum Gasteiger partial charge on any atom is 0.191 e. The normalized spacial score (nSPS) is 16.3. The van der Waals surface area contributed by atoms with Crippen LogP contribution in [-0.2, 0) is 13.1 Å². The first-order chi connectivity index (χ1) is 15.0. The monoisotopic (exact) mass is 550 g/mol. The van der Waals surface area contributed by atoms with Gasteiger partial charge in [0.2, 0.25) is 0 Å². The summed E-state index contributed by atoms with van der Waals surface area (Å²) in [5.74, 6) is 1.28. The zero-order chi connectivity index (χ0) is 22.1. The number of guanidine groups is 1. The molecule has 3 N–H and O–H groups in total. The van der Waals surface area contributed by atoms with Crippen LogP contribution in [0.3, 0.4) is 0 Å². The van der Waals surface area contributed by atoms with Crippen LogP contribution in [0.15, 0.2) is 53.5 Å². The van der Waals surface area contributed by atoms with E-state index in [-0.39, 0.29) is 30.1 Å². The van der Waals surface area contributed by atoms with Gasteiger partial charge in [0, 0.05) is 32.7 Å². The molecule has 1 unspecified atom stereocenters. The fraction of sp³-hybridized carbons (Fsp3) is 0.500. The van der Waals surface area contributed by atoms with E-state index in [9.17, 15) is 5.11 Å². The lowest BCUT2D eigenvalue weighted by atomic mass is 10.0. The molecule has 0 spiro atoms. The van der Waals surface area contributed by atoms with E-state index >= 15 is 0 Å². The smallest absolute Gasteiger partial charge is 0.191 e. The van der Waals surface area contributed by atoms with Crippen molar-refractivity contribution in [1.82, 2.24) is 15.5 Å². The van der Waals surface area contributed by atoms with E-state index < -0.39 is 0 Å². The molecule has 1 aliphatic heterocycles. The van der Waals surface area contributed by atoms with E-state index in [1.54, 1.807) is 0 Å². The molecule has 5 nitrogen and oxygen atoms in total. The van der Waals surface area contributed by atoms with Gasteiger partial charge in [0.15, 0.2) is 5.96 Å². The predicted octanol–water partition coefficient (Wildman–Crippen LogP) is 4.43. The van der Waals surface area contributed by atoms with Gasteiger partial charge in [-0.2, -0.15) is 0 Å². The number of hydrogen-bond acceptors (Lipinski definition) is 3. The number of halogens is 1. The van der Waals surface area contributed by atoms with Crippen molar-refractivity contribution < 1.29 is 5.11 Å². The molecule has 0 amide bonds. The molecule has 176 valence electrons. The first-order valence-corrected chi connectivity index (χ1v) is 11.6. The van der Waals surface area contributed by atoms with E-state index in [2.05, 4.69) is 84.8 Å². The van der Waals surface area contributed by atoms with Gasteiger partial charge in [-0.1, -0.05) is 61.0 Å². The lowest BCUT2D eigenvalue weighted by Crippen LogP contribution is -2.39. The summed E-state index contributed by atoms with van der Waals surface area (Å²) in [7, 11) is 0. The Balaban J connectivity index is 0.00000363. The minimum Gasteiger partial charge on any atom is -0.393 e. The van der Waals surface area contributed by atoms with Crippen molar-refractivity contribution in [3.05, 3.63) is 70.8 Å². The van der Waals surface area contributed by atoms with Crippen molar-refractivity contribution in [1.29, 1.82) is 0 Å². The first-order valence-electron chi connectivity index (χ1n) is 11.6. The predicted molar refractivity (Wildman–Crippen MR) is 145 cm³/mol. The summed E-state index contributed by atoms with van der Waals surface area (Å²) >= 11 is 0. The highest BCUT2D eigenvalue weighted by Crippen LogP contribution is 2.16.